The van der Waals surface area contributed by atoms with Crippen LogP contribution in [-0.4, -0.2) is 29.6 Å². The number of carbonyl (C=O) groups excluding carboxylic acids is 3. The number of hydrogen-bond acceptors (Lipinski definition) is 4. The van der Waals surface area contributed by atoms with Gasteiger partial charge in [-0.05, 0) is 47.4 Å². The summed E-state index contributed by atoms with van der Waals surface area (Å²) in [4.78, 5) is 46.0. The maximum absolute atomic E-state index is 14.8. The Bertz CT molecular complexity index is 1760. The lowest BCUT2D eigenvalue weighted by Gasteiger charge is -2.37. The highest BCUT2D eigenvalue weighted by atomic mass is 79.9. The second kappa shape index (κ2) is 10.2. The Morgan fingerprint density at radius 3 is 2.29 bits per heavy atom. The topological polar surface area (TPSA) is 66.5 Å². The molecule has 0 aromatic heterocycles. The van der Waals surface area contributed by atoms with E-state index in [4.69, 9.17) is 0 Å². The molecule has 0 aliphatic carbocycles. The van der Waals surface area contributed by atoms with E-state index in [1.54, 1.807) is 12.1 Å². The number of ketones is 2. The van der Waals surface area contributed by atoms with Crippen molar-refractivity contribution in [2.45, 2.75) is 37.3 Å². The Morgan fingerprint density at radius 1 is 0.857 bits per heavy atom. The second-order valence-electron chi connectivity index (χ2n) is 11.2. The zero-order valence-electron chi connectivity index (χ0n) is 23.1. The van der Waals surface area contributed by atoms with Crippen LogP contribution < -0.4 is 10.2 Å². The average molecular weight is 618 g/mol. The van der Waals surface area contributed by atoms with Gasteiger partial charge in [0, 0.05) is 27.0 Å². The first kappa shape index (κ1) is 26.6. The molecule has 208 valence electrons. The first-order valence-electron chi connectivity index (χ1n) is 14.3. The van der Waals surface area contributed by atoms with Crippen LogP contribution >= 0.6 is 15.9 Å². The lowest BCUT2D eigenvalue weighted by atomic mass is 9.64. The molecule has 1 saturated heterocycles. The molecule has 1 amide bonds. The van der Waals surface area contributed by atoms with Gasteiger partial charge in [-0.15, -0.1) is 0 Å². The van der Waals surface area contributed by atoms with E-state index < -0.39 is 23.4 Å². The van der Waals surface area contributed by atoms with Gasteiger partial charge in [-0.25, -0.2) is 0 Å². The van der Waals surface area contributed by atoms with Crippen LogP contribution in [0, 0.1) is 5.92 Å². The molecule has 1 spiro atoms. The SMILES string of the molecule is CCCc1ccc(C(=O)[C@@H]2[C@H](C(=O)c3ccc(Br)cc3)[C@]3(C(=O)Nc4ccccc43)[C@H]3C=Cc4ccccc4N23)cc1. The van der Waals surface area contributed by atoms with Crippen LogP contribution in [0.4, 0.5) is 11.4 Å². The minimum atomic E-state index is -1.31. The summed E-state index contributed by atoms with van der Waals surface area (Å²) in [6, 6.07) is 28.9. The Balaban J connectivity index is 1.49. The number of nitrogens with zero attached hydrogens (tertiary/aromatic N) is 1. The van der Waals surface area contributed by atoms with E-state index in [9.17, 15) is 14.4 Å². The maximum Gasteiger partial charge on any atom is 0.238 e. The smallest absolute Gasteiger partial charge is 0.238 e. The third kappa shape index (κ3) is 3.85. The fourth-order valence-electron chi connectivity index (χ4n) is 7.21. The van der Waals surface area contributed by atoms with Gasteiger partial charge in [-0.2, -0.15) is 0 Å². The van der Waals surface area contributed by atoms with Crippen LogP contribution in [0.15, 0.2) is 108 Å². The number of nitrogens with one attached hydrogen (secondary N) is 1. The number of aryl methyl sites for hydroxylation is 1. The minimum absolute atomic E-state index is 0.169. The summed E-state index contributed by atoms with van der Waals surface area (Å²) in [6.45, 7) is 2.13. The van der Waals surface area contributed by atoms with Gasteiger partial charge in [0.1, 0.15) is 11.5 Å². The van der Waals surface area contributed by atoms with Gasteiger partial charge in [-0.3, -0.25) is 14.4 Å². The van der Waals surface area contributed by atoms with Crippen molar-refractivity contribution in [2.24, 2.45) is 5.92 Å². The molecule has 7 rings (SSSR count). The molecule has 0 radical (unpaired) electrons. The Hall–Kier alpha value is -4.29. The number of para-hydroxylation sites is 2. The van der Waals surface area contributed by atoms with Crippen molar-refractivity contribution in [1.82, 2.24) is 0 Å². The van der Waals surface area contributed by atoms with E-state index in [-0.39, 0.29) is 17.5 Å². The zero-order valence-corrected chi connectivity index (χ0v) is 24.7. The predicted octanol–water partition coefficient (Wildman–Crippen LogP) is 7.26. The van der Waals surface area contributed by atoms with Crippen molar-refractivity contribution in [2.75, 3.05) is 10.2 Å². The van der Waals surface area contributed by atoms with Crippen LogP contribution in [-0.2, 0) is 16.6 Å². The lowest BCUT2D eigenvalue weighted by Crippen LogP contribution is -2.51. The molecule has 0 bridgehead atoms. The lowest BCUT2D eigenvalue weighted by molar-refractivity contribution is -0.121. The Kier molecular flexibility index (Phi) is 6.47. The molecule has 1 N–H and O–H groups in total. The number of halogens is 1. The number of carbonyl (C=O) groups is 3. The molecule has 1 fully saturated rings. The van der Waals surface area contributed by atoms with Crippen molar-refractivity contribution in [3.8, 4) is 0 Å². The van der Waals surface area contributed by atoms with E-state index in [1.807, 2.05) is 102 Å². The molecule has 3 aliphatic rings. The Labute approximate surface area is 253 Å². The van der Waals surface area contributed by atoms with Crippen molar-refractivity contribution in [3.05, 3.63) is 135 Å². The van der Waals surface area contributed by atoms with Gasteiger partial charge in [0.2, 0.25) is 5.91 Å². The fraction of sp³-hybridized carbons (Fsp3) is 0.194. The molecular weight excluding hydrogens is 588 g/mol. The van der Waals surface area contributed by atoms with E-state index >= 15 is 0 Å². The summed E-state index contributed by atoms with van der Waals surface area (Å²) in [5.41, 5.74) is 4.06. The summed E-state index contributed by atoms with van der Waals surface area (Å²) < 4.78 is 0.846. The number of benzene rings is 4. The highest BCUT2D eigenvalue weighted by Crippen LogP contribution is 2.58. The van der Waals surface area contributed by atoms with Crippen molar-refractivity contribution >= 4 is 50.9 Å². The third-order valence-electron chi connectivity index (χ3n) is 9.00. The van der Waals surface area contributed by atoms with E-state index in [2.05, 4.69) is 28.2 Å². The van der Waals surface area contributed by atoms with Gasteiger partial charge >= 0.3 is 0 Å². The predicted molar refractivity (Wildman–Crippen MR) is 169 cm³/mol. The summed E-state index contributed by atoms with van der Waals surface area (Å²) >= 11 is 3.47. The molecule has 3 aliphatic heterocycles. The molecule has 3 heterocycles. The number of Topliss-reactive ketones (excluding diaryl/α,β-unsaturated/α-hetero) is 2. The maximum atomic E-state index is 14.8. The highest BCUT2D eigenvalue weighted by Gasteiger charge is 2.70. The molecule has 4 aromatic carbocycles. The summed E-state index contributed by atoms with van der Waals surface area (Å²) in [7, 11) is 0. The number of amides is 1. The monoisotopic (exact) mass is 616 g/mol. The van der Waals surface area contributed by atoms with E-state index in [0.717, 1.165) is 39.7 Å². The van der Waals surface area contributed by atoms with E-state index in [1.165, 1.54) is 0 Å². The number of hydrogen-bond donors (Lipinski definition) is 1. The molecule has 42 heavy (non-hydrogen) atoms. The van der Waals surface area contributed by atoms with Crippen molar-refractivity contribution < 1.29 is 14.4 Å². The molecular formula is C36H29BrN2O3. The van der Waals surface area contributed by atoms with Gasteiger partial charge in [0.05, 0.1) is 12.0 Å². The number of anilines is 2. The van der Waals surface area contributed by atoms with Gasteiger partial charge in [0.15, 0.2) is 11.6 Å². The number of rotatable bonds is 6. The average Bonchev–Trinajstić information content (AvgIpc) is 3.50. The molecule has 4 atom stereocenters. The molecule has 0 saturated carbocycles. The third-order valence-corrected chi connectivity index (χ3v) is 9.53. The first-order chi connectivity index (χ1) is 20.4. The standard InChI is InChI=1S/C36H29BrN2O3/c1-2-7-22-12-14-25(15-13-22)34(41)32-31(33(40)24-16-19-26(37)20-17-24)36(27-9-4-5-10-28(27)38-35(36)42)30-21-18-23-8-3-6-11-29(23)39(30)32/h3-6,8-21,30-32H,2,7H2,1H3,(H,38,42)/t30-,31-,32+,36-/m1/s1. The van der Waals surface area contributed by atoms with Crippen LogP contribution in [0.25, 0.3) is 6.08 Å². The van der Waals surface area contributed by atoms with Crippen LogP contribution in [0.3, 0.4) is 0 Å². The largest absolute Gasteiger partial charge is 0.352 e. The van der Waals surface area contributed by atoms with Crippen molar-refractivity contribution in [3.63, 3.8) is 0 Å². The van der Waals surface area contributed by atoms with Gasteiger partial charge in [0.25, 0.3) is 0 Å². The highest BCUT2D eigenvalue weighted by molar-refractivity contribution is 9.10. The molecule has 5 nitrogen and oxygen atoms in total. The second-order valence-corrected chi connectivity index (χ2v) is 12.2. The summed E-state index contributed by atoms with van der Waals surface area (Å²) in [6.07, 6.45) is 5.95. The summed E-state index contributed by atoms with van der Waals surface area (Å²) in [5, 5.41) is 3.08. The first-order valence-corrected chi connectivity index (χ1v) is 15.1. The molecule has 4 aromatic rings. The number of fused-ring (bicyclic) bond motifs is 6. The quantitative estimate of drug-likeness (QED) is 0.232. The Morgan fingerprint density at radius 2 is 1.52 bits per heavy atom. The minimum Gasteiger partial charge on any atom is -0.352 e. The van der Waals surface area contributed by atoms with E-state index in [0.29, 0.717) is 16.8 Å². The fourth-order valence-corrected chi connectivity index (χ4v) is 7.47. The van der Waals surface area contributed by atoms with Gasteiger partial charge in [-0.1, -0.05) is 114 Å². The molecule has 6 heteroatoms. The van der Waals surface area contributed by atoms with Crippen LogP contribution in [0.2, 0.25) is 0 Å². The van der Waals surface area contributed by atoms with Crippen LogP contribution in [0.5, 0.6) is 0 Å². The van der Waals surface area contributed by atoms with Crippen molar-refractivity contribution in [1.29, 1.82) is 0 Å². The normalized spacial score (nSPS) is 23.3. The zero-order chi connectivity index (χ0) is 29.0. The molecule has 0 unspecified atom stereocenters. The van der Waals surface area contributed by atoms with Crippen LogP contribution in [0.1, 0.15) is 50.8 Å². The van der Waals surface area contributed by atoms with Gasteiger partial charge < -0.3 is 10.2 Å². The summed E-state index contributed by atoms with van der Waals surface area (Å²) in [5.74, 6) is -1.63.